The van der Waals surface area contributed by atoms with Crippen LogP contribution in [-0.4, -0.2) is 35.2 Å². The first-order chi connectivity index (χ1) is 12.8. The summed E-state index contributed by atoms with van der Waals surface area (Å²) in [4.78, 5) is 11.8. The van der Waals surface area contributed by atoms with Crippen LogP contribution in [0, 0.1) is 5.92 Å². The molecule has 0 radical (unpaired) electrons. The molecule has 0 fully saturated rings. The molecule has 0 unspecified atom stereocenters. The van der Waals surface area contributed by atoms with Crippen molar-refractivity contribution >= 4 is 27.4 Å². The predicted octanol–water partition coefficient (Wildman–Crippen LogP) is 3.35. The molecule has 0 bridgehead atoms. The van der Waals surface area contributed by atoms with Crippen molar-refractivity contribution in [1.82, 2.24) is 0 Å². The number of methoxy groups -OCH3 is 2. The monoisotopic (exact) mass is 392 g/mol. The van der Waals surface area contributed by atoms with Gasteiger partial charge in [-0.3, -0.25) is 4.72 Å². The summed E-state index contributed by atoms with van der Waals surface area (Å²) in [5.74, 6) is 0.326. The van der Waals surface area contributed by atoms with Gasteiger partial charge in [-0.15, -0.1) is 0 Å². The minimum Gasteiger partial charge on any atom is -0.497 e. The van der Waals surface area contributed by atoms with Crippen LogP contribution >= 0.6 is 0 Å². The molecule has 146 valence electrons. The fraction of sp³-hybridized carbons (Fsp3) is 0.316. The maximum atomic E-state index is 13.0. The second kappa shape index (κ2) is 8.77. The van der Waals surface area contributed by atoms with Gasteiger partial charge in [0, 0.05) is 12.2 Å². The van der Waals surface area contributed by atoms with Crippen LogP contribution < -0.4 is 14.8 Å². The van der Waals surface area contributed by atoms with Gasteiger partial charge in [-0.1, -0.05) is 13.8 Å². The quantitative estimate of drug-likeness (QED) is 0.669. The number of carbonyl (C=O) groups is 1. The molecule has 0 amide bonds. The summed E-state index contributed by atoms with van der Waals surface area (Å²) in [5, 5.41) is 3.12. The summed E-state index contributed by atoms with van der Waals surface area (Å²) < 4.78 is 38.2. The molecule has 0 heterocycles. The second-order valence-corrected chi connectivity index (χ2v) is 7.96. The van der Waals surface area contributed by atoms with Gasteiger partial charge in [0.1, 0.15) is 10.6 Å². The van der Waals surface area contributed by atoms with Crippen LogP contribution in [-0.2, 0) is 14.8 Å². The lowest BCUT2D eigenvalue weighted by atomic mass is 10.2. The van der Waals surface area contributed by atoms with Gasteiger partial charge in [-0.2, -0.15) is 0 Å². The summed E-state index contributed by atoms with van der Waals surface area (Å²) in [7, 11) is -1.16. The Hall–Kier alpha value is -2.74. The number of esters is 1. The van der Waals surface area contributed by atoms with E-state index in [4.69, 9.17) is 9.47 Å². The Bertz CT molecular complexity index is 893. The number of hydrogen-bond donors (Lipinski definition) is 2. The lowest BCUT2D eigenvalue weighted by Gasteiger charge is -2.16. The average molecular weight is 392 g/mol. The van der Waals surface area contributed by atoms with Crippen LogP contribution in [0.5, 0.6) is 5.75 Å². The molecule has 0 aromatic heterocycles. The van der Waals surface area contributed by atoms with Gasteiger partial charge in [0.05, 0.1) is 25.5 Å². The number of nitrogens with one attached hydrogen (secondary N) is 2. The largest absolute Gasteiger partial charge is 0.497 e. The molecule has 0 aliphatic heterocycles. The number of rotatable bonds is 8. The van der Waals surface area contributed by atoms with Crippen LogP contribution in [0.2, 0.25) is 0 Å². The molecular weight excluding hydrogens is 368 g/mol. The highest BCUT2D eigenvalue weighted by atomic mass is 32.2. The fourth-order valence-electron chi connectivity index (χ4n) is 2.32. The first-order valence-electron chi connectivity index (χ1n) is 8.40. The summed E-state index contributed by atoms with van der Waals surface area (Å²) >= 11 is 0. The molecule has 7 nitrogen and oxygen atoms in total. The topological polar surface area (TPSA) is 93.7 Å². The molecule has 2 aromatic rings. The normalized spacial score (nSPS) is 11.1. The number of ether oxygens (including phenoxy) is 2. The molecule has 0 aliphatic carbocycles. The first-order valence-corrected chi connectivity index (χ1v) is 9.88. The van der Waals surface area contributed by atoms with Crippen LogP contribution in [0.25, 0.3) is 0 Å². The van der Waals surface area contributed by atoms with Gasteiger partial charge < -0.3 is 14.8 Å². The molecule has 0 aliphatic rings. The van der Waals surface area contributed by atoms with E-state index in [1.165, 1.54) is 26.4 Å². The van der Waals surface area contributed by atoms with E-state index in [-0.39, 0.29) is 10.5 Å². The zero-order valence-electron chi connectivity index (χ0n) is 15.8. The van der Waals surface area contributed by atoms with E-state index >= 15 is 0 Å². The van der Waals surface area contributed by atoms with Gasteiger partial charge in [0.25, 0.3) is 10.0 Å². The summed E-state index contributed by atoms with van der Waals surface area (Å²) in [5.41, 5.74) is 0.953. The number of hydrogen-bond acceptors (Lipinski definition) is 6. The van der Waals surface area contributed by atoms with E-state index in [2.05, 4.69) is 10.0 Å². The van der Waals surface area contributed by atoms with E-state index < -0.39 is 16.0 Å². The molecule has 2 aromatic carbocycles. The van der Waals surface area contributed by atoms with E-state index in [9.17, 15) is 13.2 Å². The Balaban J connectivity index is 2.41. The van der Waals surface area contributed by atoms with Gasteiger partial charge >= 0.3 is 5.97 Å². The molecule has 0 saturated carbocycles. The Morgan fingerprint density at radius 2 is 1.74 bits per heavy atom. The van der Waals surface area contributed by atoms with Crippen molar-refractivity contribution in [1.29, 1.82) is 0 Å². The molecule has 0 atom stereocenters. The highest BCUT2D eigenvalue weighted by Gasteiger charge is 2.21. The minimum absolute atomic E-state index is 0.0260. The third-order valence-electron chi connectivity index (χ3n) is 3.74. The molecule has 2 N–H and O–H groups in total. The zero-order valence-corrected chi connectivity index (χ0v) is 16.6. The number of sulfonamides is 1. The fourth-order valence-corrected chi connectivity index (χ4v) is 3.59. The van der Waals surface area contributed by atoms with E-state index in [1.54, 1.807) is 30.3 Å². The van der Waals surface area contributed by atoms with Gasteiger partial charge in [0.2, 0.25) is 0 Å². The smallest absolute Gasteiger partial charge is 0.337 e. The summed E-state index contributed by atoms with van der Waals surface area (Å²) in [6, 6.07) is 10.9. The highest BCUT2D eigenvalue weighted by Crippen LogP contribution is 2.26. The van der Waals surface area contributed by atoms with Gasteiger partial charge in [-0.25, -0.2) is 13.2 Å². The van der Waals surface area contributed by atoms with Crippen molar-refractivity contribution in [2.24, 2.45) is 5.92 Å². The average Bonchev–Trinajstić information content (AvgIpc) is 2.65. The Morgan fingerprint density at radius 3 is 2.30 bits per heavy atom. The third-order valence-corrected chi connectivity index (χ3v) is 5.16. The number of carbonyl (C=O) groups excluding carboxylic acids is 1. The zero-order chi connectivity index (χ0) is 20.0. The van der Waals surface area contributed by atoms with Crippen molar-refractivity contribution in [3.63, 3.8) is 0 Å². The van der Waals surface area contributed by atoms with Crippen molar-refractivity contribution in [3.05, 3.63) is 48.0 Å². The van der Waals surface area contributed by atoms with Gasteiger partial charge in [-0.05, 0) is 48.4 Å². The van der Waals surface area contributed by atoms with Crippen LogP contribution in [0.3, 0.4) is 0 Å². The van der Waals surface area contributed by atoms with Crippen LogP contribution in [0.1, 0.15) is 24.2 Å². The van der Waals surface area contributed by atoms with Crippen molar-refractivity contribution in [2.45, 2.75) is 18.7 Å². The summed E-state index contributed by atoms with van der Waals surface area (Å²) in [6.07, 6.45) is 0. The van der Waals surface area contributed by atoms with Crippen molar-refractivity contribution < 1.29 is 22.7 Å². The Morgan fingerprint density at radius 1 is 1.07 bits per heavy atom. The Kier molecular flexibility index (Phi) is 6.68. The number of anilines is 2. The Labute approximate surface area is 159 Å². The predicted molar refractivity (Wildman–Crippen MR) is 105 cm³/mol. The molecule has 27 heavy (non-hydrogen) atoms. The molecule has 8 heteroatoms. The van der Waals surface area contributed by atoms with Crippen LogP contribution in [0.15, 0.2) is 47.4 Å². The van der Waals surface area contributed by atoms with E-state index in [1.807, 2.05) is 13.8 Å². The van der Waals surface area contributed by atoms with Crippen molar-refractivity contribution in [2.75, 3.05) is 30.8 Å². The molecule has 2 rings (SSSR count). The lowest BCUT2D eigenvalue weighted by molar-refractivity contribution is 0.0600. The maximum absolute atomic E-state index is 13.0. The SMILES string of the molecule is COC(=O)c1ccc(NCC(C)C)c(S(=O)(=O)Nc2ccc(OC)cc2)c1. The minimum atomic E-state index is -3.94. The van der Waals surface area contributed by atoms with E-state index in [0.29, 0.717) is 29.6 Å². The summed E-state index contributed by atoms with van der Waals surface area (Å²) in [6.45, 7) is 4.61. The maximum Gasteiger partial charge on any atom is 0.337 e. The first kappa shape index (κ1) is 20.6. The standard InChI is InChI=1S/C19H24N2O5S/c1-13(2)12-20-17-10-5-14(19(22)26-4)11-18(17)27(23,24)21-15-6-8-16(25-3)9-7-15/h5-11,13,20-21H,12H2,1-4H3. The van der Waals surface area contributed by atoms with Crippen molar-refractivity contribution in [3.8, 4) is 5.75 Å². The van der Waals surface area contributed by atoms with E-state index in [0.717, 1.165) is 0 Å². The second-order valence-electron chi connectivity index (χ2n) is 6.31. The molecule has 0 spiro atoms. The molecule has 0 saturated heterocycles. The number of benzene rings is 2. The van der Waals surface area contributed by atoms with Crippen LogP contribution in [0.4, 0.5) is 11.4 Å². The highest BCUT2D eigenvalue weighted by molar-refractivity contribution is 7.92. The third kappa shape index (κ3) is 5.37. The lowest BCUT2D eigenvalue weighted by Crippen LogP contribution is -2.18. The molecular formula is C19H24N2O5S. The van der Waals surface area contributed by atoms with Gasteiger partial charge in [0.15, 0.2) is 0 Å².